The monoisotopic (exact) mass is 393 g/mol. The topological polar surface area (TPSA) is 34.7 Å². The number of rotatable bonds is 2. The van der Waals surface area contributed by atoms with Crippen molar-refractivity contribution in [1.29, 1.82) is 0 Å². The van der Waals surface area contributed by atoms with Gasteiger partial charge in [0.2, 0.25) is 5.60 Å². The molecule has 0 radical (unpaired) electrons. The molecule has 2 aliphatic heterocycles. The second-order valence-electron chi connectivity index (χ2n) is 6.30. The number of aromatic nitrogens is 1. The third kappa shape index (κ3) is 2.82. The fraction of sp³-hybridized carbons (Fsp3) is 0.353. The van der Waals surface area contributed by atoms with Crippen LogP contribution in [0.1, 0.15) is 17.2 Å². The Balaban J connectivity index is 1.93. The van der Waals surface area contributed by atoms with Crippen LogP contribution in [0.3, 0.4) is 0 Å². The van der Waals surface area contributed by atoms with Crippen LogP contribution in [0.5, 0.6) is 5.75 Å². The third-order valence-corrected chi connectivity index (χ3v) is 4.59. The SMILES string of the molecule is Fc1ccc(-c2nc([C@]3(C(F)(F)F)CO3)cc3c2OC[C@H]3C(F)(F)F)cc1. The van der Waals surface area contributed by atoms with Gasteiger partial charge in [-0.25, -0.2) is 9.37 Å². The smallest absolute Gasteiger partial charge is 0.425 e. The molecule has 4 rings (SSSR count). The minimum Gasteiger partial charge on any atom is -0.490 e. The number of fused-ring (bicyclic) bond motifs is 1. The molecule has 0 spiro atoms. The Labute approximate surface area is 147 Å². The Morgan fingerprint density at radius 3 is 2.19 bits per heavy atom. The summed E-state index contributed by atoms with van der Waals surface area (Å²) in [4.78, 5) is 3.90. The molecule has 3 heterocycles. The molecule has 2 atom stereocenters. The second-order valence-corrected chi connectivity index (χ2v) is 6.30. The Morgan fingerprint density at radius 1 is 1.04 bits per heavy atom. The lowest BCUT2D eigenvalue weighted by atomic mass is 9.94. The molecule has 0 amide bonds. The van der Waals surface area contributed by atoms with Crippen molar-refractivity contribution >= 4 is 0 Å². The van der Waals surface area contributed by atoms with Gasteiger partial charge in [0, 0.05) is 11.1 Å². The summed E-state index contributed by atoms with van der Waals surface area (Å²) >= 11 is 0. The Hall–Kier alpha value is -2.36. The maximum absolute atomic E-state index is 13.4. The molecule has 1 aromatic carbocycles. The molecule has 1 aromatic heterocycles. The van der Waals surface area contributed by atoms with Gasteiger partial charge < -0.3 is 9.47 Å². The molecular formula is C17H10F7NO2. The summed E-state index contributed by atoms with van der Waals surface area (Å²) in [6, 6.07) is 5.22. The molecule has 0 N–H and O–H groups in total. The van der Waals surface area contributed by atoms with Gasteiger partial charge in [-0.15, -0.1) is 0 Å². The minimum atomic E-state index is -4.85. The van der Waals surface area contributed by atoms with E-state index in [2.05, 4.69) is 9.72 Å². The fourth-order valence-electron chi connectivity index (χ4n) is 3.03. The number of pyridine rings is 1. The number of epoxide rings is 1. The van der Waals surface area contributed by atoms with E-state index in [-0.39, 0.29) is 17.0 Å². The first-order valence-electron chi connectivity index (χ1n) is 7.74. The quantitative estimate of drug-likeness (QED) is 0.547. The predicted octanol–water partition coefficient (Wildman–Crippen LogP) is 4.71. The molecular weight excluding hydrogens is 383 g/mol. The number of benzene rings is 1. The second kappa shape index (κ2) is 5.57. The number of hydrogen-bond donors (Lipinski definition) is 0. The minimum absolute atomic E-state index is 0.135. The van der Waals surface area contributed by atoms with Crippen LogP contribution in [-0.2, 0) is 10.3 Å². The summed E-state index contributed by atoms with van der Waals surface area (Å²) in [5.74, 6) is -2.96. The normalized spacial score (nSPS) is 24.5. The van der Waals surface area contributed by atoms with E-state index in [1.165, 1.54) is 12.1 Å². The van der Waals surface area contributed by atoms with Crippen LogP contribution < -0.4 is 4.74 Å². The zero-order valence-corrected chi connectivity index (χ0v) is 13.3. The molecule has 0 aliphatic carbocycles. The highest BCUT2D eigenvalue weighted by Crippen LogP contribution is 2.54. The maximum atomic E-state index is 13.4. The zero-order chi connectivity index (χ0) is 19.6. The highest BCUT2D eigenvalue weighted by molar-refractivity contribution is 5.70. The number of nitrogens with zero attached hydrogens (tertiary/aromatic N) is 1. The molecule has 1 saturated heterocycles. The lowest BCUT2D eigenvalue weighted by Gasteiger charge is -2.19. The lowest BCUT2D eigenvalue weighted by Crippen LogP contribution is -2.31. The number of ether oxygens (including phenoxy) is 2. The van der Waals surface area contributed by atoms with Crippen LogP contribution in [0.2, 0.25) is 0 Å². The van der Waals surface area contributed by atoms with Crippen molar-refractivity contribution in [3.8, 4) is 17.0 Å². The summed E-state index contributed by atoms with van der Waals surface area (Å²) in [6.07, 6.45) is -9.55. The van der Waals surface area contributed by atoms with Crippen molar-refractivity contribution in [2.24, 2.45) is 0 Å². The van der Waals surface area contributed by atoms with Crippen molar-refractivity contribution in [2.75, 3.05) is 13.2 Å². The van der Waals surface area contributed by atoms with E-state index >= 15 is 0 Å². The Bertz CT molecular complexity index is 886. The summed E-state index contributed by atoms with van der Waals surface area (Å²) < 4.78 is 103. The predicted molar refractivity (Wildman–Crippen MR) is 77.6 cm³/mol. The maximum Gasteiger partial charge on any atom is 0.425 e. The van der Waals surface area contributed by atoms with Crippen molar-refractivity contribution in [2.45, 2.75) is 23.9 Å². The van der Waals surface area contributed by atoms with E-state index in [1.54, 1.807) is 0 Å². The van der Waals surface area contributed by atoms with E-state index in [0.717, 1.165) is 18.2 Å². The van der Waals surface area contributed by atoms with Gasteiger partial charge in [-0.1, -0.05) is 0 Å². The number of alkyl halides is 6. The molecule has 2 aromatic rings. The van der Waals surface area contributed by atoms with E-state index in [4.69, 9.17) is 4.74 Å². The first kappa shape index (κ1) is 18.0. The summed E-state index contributed by atoms with van der Waals surface area (Å²) in [6.45, 7) is -1.50. The highest BCUT2D eigenvalue weighted by atomic mass is 19.4. The van der Waals surface area contributed by atoms with Gasteiger partial charge in [0.1, 0.15) is 29.8 Å². The van der Waals surface area contributed by atoms with E-state index in [1.807, 2.05) is 0 Å². The average molecular weight is 393 g/mol. The number of halogens is 7. The van der Waals surface area contributed by atoms with Crippen LogP contribution >= 0.6 is 0 Å². The molecule has 0 bridgehead atoms. The van der Waals surface area contributed by atoms with Crippen LogP contribution in [0.15, 0.2) is 30.3 Å². The molecule has 0 unspecified atom stereocenters. The van der Waals surface area contributed by atoms with Crippen molar-refractivity contribution in [3.05, 3.63) is 47.4 Å². The zero-order valence-electron chi connectivity index (χ0n) is 13.3. The standard InChI is InChI=1S/C17H10F7NO2/c18-9-3-1-8(2-4-9)13-14-10(11(6-26-14)16(19,20)21)5-12(25-13)15(7-27-15)17(22,23)24/h1-5,11H,6-7H2/t11-,15+/m1/s1. The lowest BCUT2D eigenvalue weighted by molar-refractivity contribution is -0.188. The molecule has 2 aliphatic rings. The third-order valence-electron chi connectivity index (χ3n) is 4.59. The molecule has 1 fully saturated rings. The van der Waals surface area contributed by atoms with Gasteiger partial charge in [-0.05, 0) is 30.3 Å². The van der Waals surface area contributed by atoms with Crippen LogP contribution in [-0.4, -0.2) is 30.6 Å². The Kier molecular flexibility index (Phi) is 3.72. The van der Waals surface area contributed by atoms with Gasteiger partial charge in [-0.3, -0.25) is 0 Å². The van der Waals surface area contributed by atoms with Crippen molar-refractivity contribution in [1.82, 2.24) is 4.98 Å². The van der Waals surface area contributed by atoms with Gasteiger partial charge in [0.05, 0.1) is 12.3 Å². The first-order valence-corrected chi connectivity index (χ1v) is 7.74. The summed E-state index contributed by atoms with van der Waals surface area (Å²) in [5, 5.41) is 0. The molecule has 3 nitrogen and oxygen atoms in total. The van der Waals surface area contributed by atoms with Gasteiger partial charge in [0.15, 0.2) is 0 Å². The largest absolute Gasteiger partial charge is 0.490 e. The average Bonchev–Trinajstić information content (AvgIpc) is 3.27. The van der Waals surface area contributed by atoms with Crippen LogP contribution in [0.25, 0.3) is 11.3 Å². The van der Waals surface area contributed by atoms with Crippen molar-refractivity contribution < 1.29 is 40.2 Å². The molecule has 0 saturated carbocycles. The van der Waals surface area contributed by atoms with E-state index < -0.39 is 54.2 Å². The molecule has 27 heavy (non-hydrogen) atoms. The highest BCUT2D eigenvalue weighted by Gasteiger charge is 2.68. The van der Waals surface area contributed by atoms with Crippen molar-refractivity contribution in [3.63, 3.8) is 0 Å². The van der Waals surface area contributed by atoms with Gasteiger partial charge in [-0.2, -0.15) is 26.3 Å². The van der Waals surface area contributed by atoms with Gasteiger partial charge in [0.25, 0.3) is 0 Å². The first-order chi connectivity index (χ1) is 12.5. The molecule has 10 heteroatoms. The fourth-order valence-corrected chi connectivity index (χ4v) is 3.03. The Morgan fingerprint density at radius 2 is 1.67 bits per heavy atom. The van der Waals surface area contributed by atoms with Crippen LogP contribution in [0.4, 0.5) is 30.7 Å². The number of hydrogen-bond acceptors (Lipinski definition) is 3. The summed E-state index contributed by atoms with van der Waals surface area (Å²) in [7, 11) is 0. The molecule has 144 valence electrons. The van der Waals surface area contributed by atoms with E-state index in [9.17, 15) is 30.7 Å². The van der Waals surface area contributed by atoms with Crippen LogP contribution in [0, 0.1) is 5.82 Å². The van der Waals surface area contributed by atoms with E-state index in [0.29, 0.717) is 0 Å². The van der Waals surface area contributed by atoms with Gasteiger partial charge >= 0.3 is 12.4 Å². The summed E-state index contributed by atoms with van der Waals surface area (Å²) in [5.41, 5.74) is -3.93.